The largest absolute Gasteiger partial charge is 0.382 e. The summed E-state index contributed by atoms with van der Waals surface area (Å²) in [7, 11) is 0. The van der Waals surface area contributed by atoms with Crippen LogP contribution >= 0.6 is 0 Å². The molecule has 0 aromatic heterocycles. The molecule has 0 spiro atoms. The van der Waals surface area contributed by atoms with Gasteiger partial charge in [0.1, 0.15) is 0 Å². The Kier molecular flexibility index (Phi) is 4.02. The van der Waals surface area contributed by atoms with E-state index in [4.69, 9.17) is 0 Å². The number of hydrogen-bond donors (Lipinski definition) is 2. The fraction of sp³-hybridized carbons (Fsp3) is 0.500. The second-order valence-electron chi connectivity index (χ2n) is 4.61. The van der Waals surface area contributed by atoms with Gasteiger partial charge in [-0.15, -0.1) is 0 Å². The van der Waals surface area contributed by atoms with Gasteiger partial charge in [0.2, 0.25) is 0 Å². The Morgan fingerprint density at radius 2 is 2.24 bits per heavy atom. The first-order valence-electron chi connectivity index (χ1n) is 6.44. The molecule has 0 radical (unpaired) electrons. The molecule has 1 aromatic carbocycles. The predicted molar refractivity (Wildman–Crippen MR) is 70.3 cm³/mol. The minimum atomic E-state index is 0.0177. The number of carbonyl (C=O) groups excluding carboxylic acids is 1. The highest BCUT2D eigenvalue weighted by Crippen LogP contribution is 2.23. The number of carbonyl (C=O) groups is 1. The lowest BCUT2D eigenvalue weighted by molar-refractivity contribution is 0.0953. The van der Waals surface area contributed by atoms with Crippen molar-refractivity contribution in [1.82, 2.24) is 5.32 Å². The van der Waals surface area contributed by atoms with Crippen LogP contribution < -0.4 is 10.6 Å². The molecular formula is C14H20N2O. The summed E-state index contributed by atoms with van der Waals surface area (Å²) in [6, 6.07) is 8.35. The standard InChI is InChI=1S/C14H20N2O/c1-2-9-15-14(17)11-5-3-8-13(10-11)16-12-6-4-7-12/h3,5,8,10,12,16H,2,4,6-7,9H2,1H3,(H,15,17). The van der Waals surface area contributed by atoms with Crippen molar-refractivity contribution in [2.45, 2.75) is 38.6 Å². The zero-order valence-corrected chi connectivity index (χ0v) is 10.3. The normalized spacial score (nSPS) is 15.1. The van der Waals surface area contributed by atoms with E-state index in [-0.39, 0.29) is 5.91 Å². The van der Waals surface area contributed by atoms with E-state index in [1.54, 1.807) is 0 Å². The smallest absolute Gasteiger partial charge is 0.251 e. The molecule has 2 N–H and O–H groups in total. The highest BCUT2D eigenvalue weighted by atomic mass is 16.1. The molecule has 2 rings (SSSR count). The molecule has 1 aliphatic carbocycles. The van der Waals surface area contributed by atoms with Gasteiger partial charge in [-0.05, 0) is 43.9 Å². The van der Waals surface area contributed by atoms with E-state index in [0.717, 1.165) is 24.2 Å². The molecule has 3 nitrogen and oxygen atoms in total. The van der Waals surface area contributed by atoms with Gasteiger partial charge in [-0.2, -0.15) is 0 Å². The number of nitrogens with one attached hydrogen (secondary N) is 2. The molecular weight excluding hydrogens is 212 g/mol. The van der Waals surface area contributed by atoms with E-state index in [1.807, 2.05) is 24.3 Å². The van der Waals surface area contributed by atoms with Crippen molar-refractivity contribution < 1.29 is 4.79 Å². The molecule has 0 saturated heterocycles. The molecule has 1 aliphatic rings. The third kappa shape index (κ3) is 3.22. The summed E-state index contributed by atoms with van der Waals surface area (Å²) in [5.41, 5.74) is 1.79. The summed E-state index contributed by atoms with van der Waals surface area (Å²) in [5, 5.41) is 6.34. The summed E-state index contributed by atoms with van der Waals surface area (Å²) in [6.45, 7) is 2.79. The molecule has 1 fully saturated rings. The van der Waals surface area contributed by atoms with Crippen LogP contribution in [0.3, 0.4) is 0 Å². The topological polar surface area (TPSA) is 41.1 Å². The van der Waals surface area contributed by atoms with Gasteiger partial charge in [-0.1, -0.05) is 13.0 Å². The van der Waals surface area contributed by atoms with Crippen molar-refractivity contribution in [2.24, 2.45) is 0 Å². The van der Waals surface area contributed by atoms with Gasteiger partial charge >= 0.3 is 0 Å². The zero-order chi connectivity index (χ0) is 12.1. The number of anilines is 1. The van der Waals surface area contributed by atoms with Gasteiger partial charge in [0.15, 0.2) is 0 Å². The third-order valence-corrected chi connectivity index (χ3v) is 3.14. The number of benzene rings is 1. The van der Waals surface area contributed by atoms with E-state index in [1.165, 1.54) is 19.3 Å². The number of hydrogen-bond acceptors (Lipinski definition) is 2. The van der Waals surface area contributed by atoms with Crippen LogP contribution in [0.1, 0.15) is 43.0 Å². The first-order valence-corrected chi connectivity index (χ1v) is 6.44. The van der Waals surface area contributed by atoms with E-state index in [9.17, 15) is 4.79 Å². The molecule has 92 valence electrons. The minimum Gasteiger partial charge on any atom is -0.382 e. The average Bonchev–Trinajstić information content (AvgIpc) is 2.31. The monoisotopic (exact) mass is 232 g/mol. The SMILES string of the molecule is CCCNC(=O)c1cccc(NC2CCC2)c1. The van der Waals surface area contributed by atoms with Crippen LogP contribution in [0.5, 0.6) is 0 Å². The van der Waals surface area contributed by atoms with Crippen LogP contribution in [-0.4, -0.2) is 18.5 Å². The van der Waals surface area contributed by atoms with Crippen molar-refractivity contribution >= 4 is 11.6 Å². The van der Waals surface area contributed by atoms with Crippen LogP contribution in [0, 0.1) is 0 Å². The van der Waals surface area contributed by atoms with Gasteiger partial charge in [0.25, 0.3) is 5.91 Å². The van der Waals surface area contributed by atoms with Crippen LogP contribution in [-0.2, 0) is 0 Å². The zero-order valence-electron chi connectivity index (χ0n) is 10.3. The van der Waals surface area contributed by atoms with E-state index in [0.29, 0.717) is 6.04 Å². The maximum absolute atomic E-state index is 11.8. The van der Waals surface area contributed by atoms with Crippen molar-refractivity contribution in [3.63, 3.8) is 0 Å². The van der Waals surface area contributed by atoms with Crippen molar-refractivity contribution in [3.8, 4) is 0 Å². The van der Waals surface area contributed by atoms with Crippen molar-refractivity contribution in [1.29, 1.82) is 0 Å². The highest BCUT2D eigenvalue weighted by molar-refractivity contribution is 5.95. The highest BCUT2D eigenvalue weighted by Gasteiger charge is 2.17. The van der Waals surface area contributed by atoms with Gasteiger partial charge in [-0.25, -0.2) is 0 Å². The van der Waals surface area contributed by atoms with Crippen LogP contribution in [0.15, 0.2) is 24.3 Å². The minimum absolute atomic E-state index is 0.0177. The van der Waals surface area contributed by atoms with E-state index >= 15 is 0 Å². The fourth-order valence-electron chi connectivity index (χ4n) is 1.88. The van der Waals surface area contributed by atoms with E-state index < -0.39 is 0 Å². The second kappa shape index (κ2) is 5.71. The van der Waals surface area contributed by atoms with Gasteiger partial charge in [0, 0.05) is 23.8 Å². The molecule has 0 bridgehead atoms. The average molecular weight is 232 g/mol. The Hall–Kier alpha value is -1.51. The van der Waals surface area contributed by atoms with Crippen molar-refractivity contribution in [3.05, 3.63) is 29.8 Å². The predicted octanol–water partition coefficient (Wildman–Crippen LogP) is 2.79. The fourth-order valence-corrected chi connectivity index (χ4v) is 1.88. The first kappa shape index (κ1) is 12.0. The van der Waals surface area contributed by atoms with Gasteiger partial charge < -0.3 is 10.6 Å². The van der Waals surface area contributed by atoms with Crippen LogP contribution in [0.2, 0.25) is 0 Å². The van der Waals surface area contributed by atoms with Crippen LogP contribution in [0.4, 0.5) is 5.69 Å². The molecule has 0 atom stereocenters. The molecule has 0 unspecified atom stereocenters. The first-order chi connectivity index (χ1) is 8.29. The van der Waals surface area contributed by atoms with Crippen molar-refractivity contribution in [2.75, 3.05) is 11.9 Å². The number of rotatable bonds is 5. The van der Waals surface area contributed by atoms with Gasteiger partial charge in [-0.3, -0.25) is 4.79 Å². The lowest BCUT2D eigenvalue weighted by atomic mass is 9.93. The Labute approximate surface area is 103 Å². The molecule has 17 heavy (non-hydrogen) atoms. The quantitative estimate of drug-likeness (QED) is 0.819. The maximum Gasteiger partial charge on any atom is 0.251 e. The second-order valence-corrected chi connectivity index (χ2v) is 4.61. The molecule has 0 aliphatic heterocycles. The molecule has 1 aromatic rings. The summed E-state index contributed by atoms with van der Waals surface area (Å²) in [4.78, 5) is 11.8. The summed E-state index contributed by atoms with van der Waals surface area (Å²) < 4.78 is 0. The Balaban J connectivity index is 1.97. The lowest BCUT2D eigenvalue weighted by Crippen LogP contribution is -2.27. The Morgan fingerprint density at radius 3 is 2.88 bits per heavy atom. The van der Waals surface area contributed by atoms with Crippen LogP contribution in [0.25, 0.3) is 0 Å². The van der Waals surface area contributed by atoms with E-state index in [2.05, 4.69) is 17.6 Å². The lowest BCUT2D eigenvalue weighted by Gasteiger charge is -2.27. The third-order valence-electron chi connectivity index (χ3n) is 3.14. The molecule has 3 heteroatoms. The molecule has 1 amide bonds. The summed E-state index contributed by atoms with van der Waals surface area (Å²) in [6.07, 6.45) is 4.76. The van der Waals surface area contributed by atoms with Gasteiger partial charge in [0.05, 0.1) is 0 Å². The maximum atomic E-state index is 11.8. The number of amides is 1. The Bertz CT molecular complexity index is 386. The summed E-state index contributed by atoms with van der Waals surface area (Å²) >= 11 is 0. The molecule has 0 heterocycles. The molecule has 1 saturated carbocycles. The Morgan fingerprint density at radius 1 is 1.41 bits per heavy atom. The summed E-state index contributed by atoms with van der Waals surface area (Å²) in [5.74, 6) is 0.0177.